The Morgan fingerprint density at radius 1 is 0.951 bits per heavy atom. The third-order valence-corrected chi connectivity index (χ3v) is 7.68. The second-order valence-corrected chi connectivity index (χ2v) is 10.6. The molecule has 2 aromatic heterocycles. The SMILES string of the molecule is CCn1nnc2c(N3CCOC[C@@H]3C)nc(-c3ccc(NC(=O)Nc4ccc(N5CCN(C)CC5)cc4)cc3)nc21. The Kier molecular flexibility index (Phi) is 7.66. The maximum atomic E-state index is 12.7. The van der Waals surface area contributed by atoms with E-state index in [2.05, 4.69) is 61.7 Å². The lowest BCUT2D eigenvalue weighted by molar-refractivity contribution is 0.0987. The first kappa shape index (κ1) is 26.9. The summed E-state index contributed by atoms with van der Waals surface area (Å²) in [5.41, 5.74) is 4.81. The van der Waals surface area contributed by atoms with E-state index in [0.717, 1.165) is 49.8 Å². The van der Waals surface area contributed by atoms with E-state index in [1.165, 1.54) is 5.69 Å². The Balaban J connectivity index is 1.15. The average Bonchev–Trinajstić information content (AvgIpc) is 3.41. The smallest absolute Gasteiger partial charge is 0.323 e. The number of carbonyl (C=O) groups excluding carboxylic acids is 1. The summed E-state index contributed by atoms with van der Waals surface area (Å²) < 4.78 is 7.42. The van der Waals surface area contributed by atoms with E-state index in [1.807, 2.05) is 43.3 Å². The summed E-state index contributed by atoms with van der Waals surface area (Å²) in [5, 5.41) is 14.5. The monoisotopic (exact) mass is 556 g/mol. The Labute approximate surface area is 239 Å². The molecule has 2 aromatic carbocycles. The maximum absolute atomic E-state index is 12.7. The van der Waals surface area contributed by atoms with Crippen LogP contribution in [0.3, 0.4) is 0 Å². The Hall–Kier alpha value is -4.29. The number of nitrogens with zero attached hydrogens (tertiary/aromatic N) is 8. The van der Waals surface area contributed by atoms with E-state index in [-0.39, 0.29) is 12.1 Å². The quantitative estimate of drug-likeness (QED) is 0.368. The second kappa shape index (κ2) is 11.7. The first-order valence-corrected chi connectivity index (χ1v) is 14.2. The van der Waals surface area contributed by atoms with Crippen LogP contribution < -0.4 is 20.4 Å². The molecule has 214 valence electrons. The van der Waals surface area contributed by atoms with E-state index in [4.69, 9.17) is 14.7 Å². The minimum absolute atomic E-state index is 0.162. The van der Waals surface area contributed by atoms with Crippen molar-refractivity contribution in [2.45, 2.75) is 26.4 Å². The number of morpholine rings is 1. The molecule has 2 aliphatic heterocycles. The van der Waals surface area contributed by atoms with Crippen molar-refractivity contribution < 1.29 is 9.53 Å². The van der Waals surface area contributed by atoms with Gasteiger partial charge in [0.2, 0.25) is 0 Å². The summed E-state index contributed by atoms with van der Waals surface area (Å²) in [6.07, 6.45) is 0. The summed E-state index contributed by atoms with van der Waals surface area (Å²) in [5.74, 6) is 1.35. The van der Waals surface area contributed by atoms with Crippen molar-refractivity contribution in [1.82, 2.24) is 29.9 Å². The fourth-order valence-electron chi connectivity index (χ4n) is 5.24. The molecule has 4 aromatic rings. The van der Waals surface area contributed by atoms with Gasteiger partial charge in [0.05, 0.1) is 19.3 Å². The standard InChI is InChI=1S/C29H36N10O2/c1-4-39-28-25(34-35-39)27(38-17-18-41-19-20(38)2)32-26(33-28)21-5-7-22(8-6-21)30-29(40)31-23-9-11-24(12-10-23)37-15-13-36(3)14-16-37/h5-12,20H,4,13-19H2,1-3H3,(H2,30,31,40)/t20-/m0/s1. The number of benzene rings is 2. The summed E-state index contributed by atoms with van der Waals surface area (Å²) >= 11 is 0. The van der Waals surface area contributed by atoms with Crippen molar-refractivity contribution in [3.63, 3.8) is 0 Å². The van der Waals surface area contributed by atoms with Crippen LogP contribution in [0.25, 0.3) is 22.6 Å². The van der Waals surface area contributed by atoms with Gasteiger partial charge in [0.25, 0.3) is 0 Å². The number of aryl methyl sites for hydroxylation is 1. The van der Waals surface area contributed by atoms with Gasteiger partial charge >= 0.3 is 6.03 Å². The van der Waals surface area contributed by atoms with Crippen LogP contribution in [0.4, 0.5) is 27.7 Å². The Morgan fingerprint density at radius 2 is 1.63 bits per heavy atom. The molecular weight excluding hydrogens is 520 g/mol. The lowest BCUT2D eigenvalue weighted by Crippen LogP contribution is -2.44. The van der Waals surface area contributed by atoms with Crippen LogP contribution in [-0.4, -0.2) is 94.9 Å². The molecule has 2 aliphatic rings. The lowest BCUT2D eigenvalue weighted by Gasteiger charge is -2.34. The molecule has 2 N–H and O–H groups in total. The number of urea groups is 1. The van der Waals surface area contributed by atoms with E-state index in [1.54, 1.807) is 4.68 Å². The molecule has 0 spiro atoms. The number of ether oxygens (including phenoxy) is 1. The van der Waals surface area contributed by atoms with Gasteiger partial charge in [-0.15, -0.1) is 5.10 Å². The summed E-state index contributed by atoms with van der Waals surface area (Å²) in [7, 11) is 2.15. The zero-order valence-corrected chi connectivity index (χ0v) is 23.7. The van der Waals surface area contributed by atoms with Crippen LogP contribution in [0.1, 0.15) is 13.8 Å². The van der Waals surface area contributed by atoms with Gasteiger partial charge in [0, 0.05) is 61.9 Å². The molecule has 12 nitrogen and oxygen atoms in total. The van der Waals surface area contributed by atoms with Crippen LogP contribution in [0.15, 0.2) is 48.5 Å². The van der Waals surface area contributed by atoms with Crippen LogP contribution in [0.5, 0.6) is 0 Å². The van der Waals surface area contributed by atoms with Crippen molar-refractivity contribution in [3.8, 4) is 11.4 Å². The van der Waals surface area contributed by atoms with E-state index < -0.39 is 0 Å². The molecule has 2 fully saturated rings. The molecule has 1 atom stereocenters. The van der Waals surface area contributed by atoms with Crippen molar-refractivity contribution in [2.75, 3.05) is 73.4 Å². The molecule has 0 bridgehead atoms. The average molecular weight is 557 g/mol. The van der Waals surface area contributed by atoms with Crippen LogP contribution in [0, 0.1) is 0 Å². The molecule has 12 heteroatoms. The summed E-state index contributed by atoms with van der Waals surface area (Å²) in [6.45, 7) is 10.9. The molecular formula is C29H36N10O2. The third kappa shape index (κ3) is 5.79. The first-order valence-electron chi connectivity index (χ1n) is 14.2. The number of rotatable bonds is 6. The summed E-state index contributed by atoms with van der Waals surface area (Å²) in [6, 6.07) is 15.4. The highest BCUT2D eigenvalue weighted by molar-refractivity contribution is 6.00. The Bertz CT molecular complexity index is 1500. The van der Waals surface area contributed by atoms with Crippen molar-refractivity contribution in [2.24, 2.45) is 0 Å². The summed E-state index contributed by atoms with van der Waals surface area (Å²) in [4.78, 5) is 29.3. The zero-order chi connectivity index (χ0) is 28.3. The predicted octanol–water partition coefficient (Wildman–Crippen LogP) is 3.53. The maximum Gasteiger partial charge on any atom is 0.323 e. The number of aromatic nitrogens is 5. The topological polar surface area (TPSA) is 117 Å². The fourth-order valence-corrected chi connectivity index (χ4v) is 5.24. The van der Waals surface area contributed by atoms with E-state index in [9.17, 15) is 4.79 Å². The first-order chi connectivity index (χ1) is 20.0. The van der Waals surface area contributed by atoms with Crippen molar-refractivity contribution >= 4 is 40.1 Å². The minimum atomic E-state index is -0.302. The van der Waals surface area contributed by atoms with Gasteiger partial charge in [-0.3, -0.25) is 0 Å². The van der Waals surface area contributed by atoms with Crippen LogP contribution >= 0.6 is 0 Å². The molecule has 4 heterocycles. The molecule has 2 amide bonds. The molecule has 41 heavy (non-hydrogen) atoms. The molecule has 0 saturated carbocycles. The highest BCUT2D eigenvalue weighted by atomic mass is 16.5. The van der Waals surface area contributed by atoms with Gasteiger partial charge in [0.15, 0.2) is 22.8 Å². The highest BCUT2D eigenvalue weighted by Gasteiger charge is 2.26. The Morgan fingerprint density at radius 3 is 2.29 bits per heavy atom. The highest BCUT2D eigenvalue weighted by Crippen LogP contribution is 2.29. The van der Waals surface area contributed by atoms with Crippen molar-refractivity contribution in [1.29, 1.82) is 0 Å². The van der Waals surface area contributed by atoms with Crippen molar-refractivity contribution in [3.05, 3.63) is 48.5 Å². The number of piperazine rings is 1. The minimum Gasteiger partial charge on any atom is -0.377 e. The normalized spacial score (nSPS) is 18.1. The van der Waals surface area contributed by atoms with Crippen LogP contribution in [0.2, 0.25) is 0 Å². The predicted molar refractivity (Wildman–Crippen MR) is 161 cm³/mol. The lowest BCUT2D eigenvalue weighted by atomic mass is 10.2. The number of anilines is 4. The molecule has 0 radical (unpaired) electrons. The number of amides is 2. The number of fused-ring (bicyclic) bond motifs is 1. The van der Waals surface area contributed by atoms with Gasteiger partial charge in [-0.25, -0.2) is 19.4 Å². The number of carbonyl (C=O) groups is 1. The third-order valence-electron chi connectivity index (χ3n) is 7.68. The van der Waals surface area contributed by atoms with Gasteiger partial charge in [-0.1, -0.05) is 5.21 Å². The second-order valence-electron chi connectivity index (χ2n) is 10.6. The molecule has 0 aliphatic carbocycles. The van der Waals surface area contributed by atoms with E-state index >= 15 is 0 Å². The van der Waals surface area contributed by atoms with Gasteiger partial charge < -0.3 is 30.1 Å². The van der Waals surface area contributed by atoms with E-state index in [0.29, 0.717) is 42.4 Å². The molecule has 6 rings (SSSR count). The van der Waals surface area contributed by atoms with Gasteiger partial charge in [-0.05, 0) is 69.4 Å². The largest absolute Gasteiger partial charge is 0.377 e. The molecule has 0 unspecified atom stereocenters. The van der Waals surface area contributed by atoms with Crippen LogP contribution in [-0.2, 0) is 11.3 Å². The number of hydrogen-bond acceptors (Lipinski definition) is 9. The molecule has 2 saturated heterocycles. The number of nitrogens with one attached hydrogen (secondary N) is 2. The fraction of sp³-hybridized carbons (Fsp3) is 0.414. The van der Waals surface area contributed by atoms with Gasteiger partial charge in [-0.2, -0.15) is 0 Å². The van der Waals surface area contributed by atoms with Gasteiger partial charge in [0.1, 0.15) is 0 Å². The zero-order valence-electron chi connectivity index (χ0n) is 23.7. The number of likely N-dealkylation sites (N-methyl/N-ethyl adjacent to an activating group) is 1. The number of hydrogen-bond donors (Lipinski definition) is 2.